The lowest BCUT2D eigenvalue weighted by Crippen LogP contribution is -2.33. The number of ether oxygens (including phenoxy) is 1. The van der Waals surface area contributed by atoms with Gasteiger partial charge in [0, 0.05) is 49.9 Å². The summed E-state index contributed by atoms with van der Waals surface area (Å²) in [5.41, 5.74) is 9.73. The first kappa shape index (κ1) is 35.8. The Kier molecular flexibility index (Phi) is 14.4. The average molecular weight is 659 g/mol. The highest BCUT2D eigenvalue weighted by atomic mass is 31.2. The fourth-order valence-electron chi connectivity index (χ4n) is 3.66. The van der Waals surface area contributed by atoms with Crippen molar-refractivity contribution in [2.75, 3.05) is 38.1 Å². The predicted molar refractivity (Wildman–Crippen MR) is 164 cm³/mol. The molecule has 0 aliphatic heterocycles. The number of hydrogen-bond donors (Lipinski definition) is 5. The third-order valence-corrected chi connectivity index (χ3v) is 10.4. The molecule has 44 heavy (non-hydrogen) atoms. The van der Waals surface area contributed by atoms with E-state index in [-0.39, 0.29) is 44.2 Å². The van der Waals surface area contributed by atoms with Gasteiger partial charge < -0.3 is 14.5 Å². The molecular weight excluding hydrogens is 617 g/mol. The maximum absolute atomic E-state index is 15.2. The molecule has 0 radical (unpaired) electrons. The van der Waals surface area contributed by atoms with Crippen LogP contribution < -0.4 is 32.0 Å². The highest BCUT2D eigenvalue weighted by Crippen LogP contribution is 2.68. The number of benzene rings is 2. The number of aryl methyl sites for hydroxylation is 1. The first-order valence-electron chi connectivity index (χ1n) is 14.2. The highest BCUT2D eigenvalue weighted by Gasteiger charge is 2.53. The lowest BCUT2D eigenvalue weighted by molar-refractivity contribution is 0.0874. The predicted octanol–water partition coefficient (Wildman–Crippen LogP) is 5.66. The van der Waals surface area contributed by atoms with Crippen LogP contribution in [-0.4, -0.2) is 43.3 Å². The van der Waals surface area contributed by atoms with E-state index in [1.54, 1.807) is 27.7 Å². The smallest absolute Gasteiger partial charge is 0.397 e. The molecule has 244 valence electrons. The van der Waals surface area contributed by atoms with E-state index in [1.807, 2.05) is 37.3 Å². The molecule has 3 rings (SSSR count). The Morgan fingerprint density at radius 2 is 1.39 bits per heavy atom. The summed E-state index contributed by atoms with van der Waals surface area (Å²) in [6.45, 7) is 9.67. The largest absolute Gasteiger partial charge is 0.490 e. The second kappa shape index (κ2) is 17.7. The van der Waals surface area contributed by atoms with Crippen LogP contribution in [0, 0.1) is 12.7 Å². The van der Waals surface area contributed by atoms with Gasteiger partial charge in [0.25, 0.3) is 0 Å². The van der Waals surface area contributed by atoms with Gasteiger partial charge in [-0.2, -0.15) is 21.9 Å². The van der Waals surface area contributed by atoms with E-state index in [2.05, 4.69) is 32.2 Å². The second-order valence-corrected chi connectivity index (χ2v) is 13.4. The third kappa shape index (κ3) is 9.91. The molecule has 0 amide bonds. The second-order valence-electron chi connectivity index (χ2n) is 9.09. The Bertz CT molecular complexity index is 1340. The van der Waals surface area contributed by atoms with Crippen LogP contribution >= 0.6 is 15.2 Å². The van der Waals surface area contributed by atoms with Crippen molar-refractivity contribution in [3.63, 3.8) is 0 Å². The maximum Gasteiger partial charge on any atom is 0.397 e. The summed E-state index contributed by atoms with van der Waals surface area (Å²) in [6, 6.07) is 13.4. The molecule has 0 spiro atoms. The van der Waals surface area contributed by atoms with Crippen LogP contribution in [0.4, 0.5) is 10.1 Å². The zero-order chi connectivity index (χ0) is 32.0. The number of nitrogens with one attached hydrogen (secondary N) is 5. The first-order valence-corrected chi connectivity index (χ1v) is 17.5. The van der Waals surface area contributed by atoms with E-state index in [1.165, 1.54) is 12.1 Å². The normalized spacial score (nSPS) is 12.2. The molecule has 0 bridgehead atoms. The monoisotopic (exact) mass is 658 g/mol. The topological polar surface area (TPSA) is 166 Å². The standard InChI is InChI=1S/C27H41FN6O8P2/c1-6-29-39-43(35,40-30-7-2)27(44(36,41-31-8-3)42-32-9-4)33-22-15-16-25(23(28)19-22)37-18-17-24-20(5)38-26(34-24)21-13-11-10-12-14-21/h10-16,19,27,29-33H,6-9,17-18H2,1-5H3. The quantitative estimate of drug-likeness (QED) is 0.0703. The van der Waals surface area contributed by atoms with Gasteiger partial charge in [0.2, 0.25) is 11.4 Å². The molecule has 0 saturated carbocycles. The molecule has 1 aromatic heterocycles. The van der Waals surface area contributed by atoms with Crippen LogP contribution in [0.15, 0.2) is 52.9 Å². The van der Waals surface area contributed by atoms with Crippen LogP contribution in [0.1, 0.15) is 39.1 Å². The van der Waals surface area contributed by atoms with Crippen LogP contribution in [0.5, 0.6) is 5.75 Å². The van der Waals surface area contributed by atoms with Crippen LogP contribution in [-0.2, 0) is 34.0 Å². The van der Waals surface area contributed by atoms with Crippen molar-refractivity contribution in [2.24, 2.45) is 0 Å². The molecule has 0 aliphatic carbocycles. The summed E-state index contributed by atoms with van der Waals surface area (Å²) in [6.07, 6.45) is 0.378. The van der Waals surface area contributed by atoms with E-state index >= 15 is 4.39 Å². The molecule has 2 aromatic carbocycles. The van der Waals surface area contributed by atoms with Gasteiger partial charge >= 0.3 is 15.2 Å². The van der Waals surface area contributed by atoms with Crippen molar-refractivity contribution in [3.8, 4) is 17.2 Å². The summed E-state index contributed by atoms with van der Waals surface area (Å²) in [5.74, 6) is 0.368. The van der Waals surface area contributed by atoms with Gasteiger partial charge in [-0.05, 0) is 31.2 Å². The maximum atomic E-state index is 15.2. The van der Waals surface area contributed by atoms with Crippen molar-refractivity contribution in [2.45, 2.75) is 46.6 Å². The first-order chi connectivity index (χ1) is 21.2. The van der Waals surface area contributed by atoms with E-state index in [0.29, 0.717) is 23.8 Å². The van der Waals surface area contributed by atoms with E-state index in [4.69, 9.17) is 27.7 Å². The number of oxazole rings is 1. The molecule has 0 atom stereocenters. The molecule has 0 fully saturated rings. The summed E-state index contributed by atoms with van der Waals surface area (Å²) >= 11 is 0. The van der Waals surface area contributed by atoms with Gasteiger partial charge in [-0.25, -0.2) is 27.9 Å². The molecule has 17 heteroatoms. The number of hydrogen-bond acceptors (Lipinski definition) is 14. The fraction of sp³-hybridized carbons (Fsp3) is 0.444. The van der Waals surface area contributed by atoms with Crippen LogP contribution in [0.3, 0.4) is 0 Å². The number of halogens is 1. The minimum absolute atomic E-state index is 0.0384. The lowest BCUT2D eigenvalue weighted by Gasteiger charge is -2.31. The molecule has 0 saturated heterocycles. The van der Waals surface area contributed by atoms with Crippen molar-refractivity contribution in [3.05, 3.63) is 65.8 Å². The molecule has 0 unspecified atom stereocenters. The van der Waals surface area contributed by atoms with E-state index in [9.17, 15) is 9.13 Å². The van der Waals surface area contributed by atoms with Gasteiger partial charge in [0.05, 0.1) is 12.3 Å². The number of nitrogens with zero attached hydrogens (tertiary/aromatic N) is 1. The van der Waals surface area contributed by atoms with Crippen molar-refractivity contribution in [1.29, 1.82) is 0 Å². The SMILES string of the molecule is CCNOP(=O)(ONCC)C(Nc1ccc(OCCc2nc(-c3ccccc3)oc2C)c(F)c1)P(=O)(ONCC)ONCC. The highest BCUT2D eigenvalue weighted by molar-refractivity contribution is 7.72. The Morgan fingerprint density at radius 3 is 1.89 bits per heavy atom. The lowest BCUT2D eigenvalue weighted by atomic mass is 10.2. The Hall–Kier alpha value is -2.68. The zero-order valence-electron chi connectivity index (χ0n) is 25.4. The number of aromatic nitrogens is 1. The molecular formula is C27H41FN6O8P2. The zero-order valence-corrected chi connectivity index (χ0v) is 27.2. The van der Waals surface area contributed by atoms with Gasteiger partial charge in [-0.15, -0.1) is 0 Å². The van der Waals surface area contributed by atoms with Crippen LogP contribution in [0.2, 0.25) is 0 Å². The Labute approximate surface area is 256 Å². The third-order valence-electron chi connectivity index (χ3n) is 5.68. The fourth-order valence-corrected chi connectivity index (χ4v) is 7.94. The molecule has 5 N–H and O–H groups in total. The Morgan fingerprint density at radius 1 is 0.841 bits per heavy atom. The van der Waals surface area contributed by atoms with Gasteiger partial charge in [-0.3, -0.25) is 9.13 Å². The minimum atomic E-state index is -4.43. The summed E-state index contributed by atoms with van der Waals surface area (Å²) < 4.78 is 76.1. The molecule has 3 aromatic rings. The van der Waals surface area contributed by atoms with Gasteiger partial charge in [-0.1, -0.05) is 45.9 Å². The van der Waals surface area contributed by atoms with Crippen molar-refractivity contribution >= 4 is 20.9 Å². The number of anilines is 1. The minimum Gasteiger partial charge on any atom is -0.490 e. The Balaban J connectivity index is 1.80. The molecule has 0 aliphatic rings. The summed E-state index contributed by atoms with van der Waals surface area (Å²) in [7, 11) is -8.86. The number of rotatable bonds is 21. The van der Waals surface area contributed by atoms with E-state index < -0.39 is 26.5 Å². The van der Waals surface area contributed by atoms with Crippen LogP contribution in [0.25, 0.3) is 11.5 Å². The molecule has 1 heterocycles. The average Bonchev–Trinajstić information content (AvgIpc) is 3.41. The molecule has 14 nitrogen and oxygen atoms in total. The summed E-state index contributed by atoms with van der Waals surface area (Å²) in [5, 5.41) is 2.77. The summed E-state index contributed by atoms with van der Waals surface area (Å²) in [4.78, 5) is 4.54. The number of hydroxylamine groups is 4. The van der Waals surface area contributed by atoms with Gasteiger partial charge in [0.1, 0.15) is 5.76 Å². The van der Waals surface area contributed by atoms with Gasteiger partial charge in [0.15, 0.2) is 11.6 Å². The van der Waals surface area contributed by atoms with E-state index in [0.717, 1.165) is 11.6 Å². The van der Waals surface area contributed by atoms with Crippen molar-refractivity contribution < 1.29 is 41.2 Å². The van der Waals surface area contributed by atoms with Crippen molar-refractivity contribution in [1.82, 2.24) is 26.9 Å².